The summed E-state index contributed by atoms with van der Waals surface area (Å²) in [6.07, 6.45) is -9.94. The van der Waals surface area contributed by atoms with Gasteiger partial charge in [0.15, 0.2) is 6.80 Å². The zero-order chi connectivity index (χ0) is 40.8. The van der Waals surface area contributed by atoms with Gasteiger partial charge in [-0.15, -0.1) is 0 Å². The monoisotopic (exact) mass is 988 g/mol. The highest BCUT2D eigenvalue weighted by Gasteiger charge is 2.46. The van der Waals surface area contributed by atoms with Gasteiger partial charge in [0.25, 0.3) is 0 Å². The zero-order valence-corrected chi connectivity index (χ0v) is 36.1. The van der Waals surface area contributed by atoms with Crippen LogP contribution in [0.25, 0.3) is 0 Å². The van der Waals surface area contributed by atoms with Gasteiger partial charge in [-0.2, -0.15) is 0 Å². The van der Waals surface area contributed by atoms with E-state index in [2.05, 4.69) is 21.3 Å². The fourth-order valence-electron chi connectivity index (χ4n) is 5.49. The van der Waals surface area contributed by atoms with Crippen LogP contribution in [0.4, 0.5) is 0 Å². The minimum Gasteiger partial charge on any atom is -0.780 e. The van der Waals surface area contributed by atoms with Crippen LogP contribution in [0.15, 0.2) is 0 Å². The maximum Gasteiger partial charge on any atom is 0.200 e. The molecule has 4 N–H and O–H groups in total. The Kier molecular flexibility index (Phi) is 28.6. The van der Waals surface area contributed by atoms with Crippen molar-refractivity contribution >= 4 is 90.3 Å². The Morgan fingerprint density at radius 2 is 1.24 bits per heavy atom. The standard InChI is InChI=1S/C12H23BO11P2S2.C12H23BO9P2S2.4CH4/c1-5-8(15)10(23-25(17,27)19-2)7(21-5)4-20-26(18,28)24-11-9(16)6(3-14)22-12(11)13;1-7-3-9(21-23(15,25)17-2)11(19-7)6-18-24(16,26)22-10-4-8(5-14)20-12(10)13;;;;/h5-12,14-16H,3-4H2,1-2H3,(H,17,27)(H,18,28);7-12,14H,3-6H2,1-2H3,(H,15,25)(H,16,26);4*1H4/p-4/t5-,6+,7+,8+,9?,10?,11-,12+,25?,26?;7-,8-,9?,10-,11+,12+,23?,24?;;;;/m00..../s1. The number of aliphatic hydroxyl groups is 4. The summed E-state index contributed by atoms with van der Waals surface area (Å²) < 4.78 is 73.6. The van der Waals surface area contributed by atoms with E-state index in [-0.39, 0.29) is 55.4 Å². The largest absolute Gasteiger partial charge is 0.780 e. The average Bonchev–Trinajstić information content (AvgIpc) is 3.79. The third kappa shape index (κ3) is 18.8. The van der Waals surface area contributed by atoms with Crippen LogP contribution in [-0.2, 0) is 107 Å². The summed E-state index contributed by atoms with van der Waals surface area (Å²) in [5.41, 5.74) is 0. The van der Waals surface area contributed by atoms with Crippen molar-refractivity contribution in [3.8, 4) is 0 Å². The maximum absolute atomic E-state index is 12.5. The van der Waals surface area contributed by atoms with Gasteiger partial charge in [-0.25, -0.2) is 0 Å². The van der Waals surface area contributed by atoms with E-state index in [4.69, 9.17) is 107 Å². The summed E-state index contributed by atoms with van der Waals surface area (Å²) in [5, 5.41) is 38.3. The molecule has 0 aromatic heterocycles. The van der Waals surface area contributed by atoms with Gasteiger partial charge in [-0.3, -0.25) is 4.57 Å². The van der Waals surface area contributed by atoms with E-state index in [1.165, 1.54) is 14.0 Å². The second-order valence-corrected chi connectivity index (χ2v) is 23.3. The molecule has 4 saturated heterocycles. The molecule has 7 unspecified atom stereocenters. The third-order valence-electron chi connectivity index (χ3n) is 8.20. The van der Waals surface area contributed by atoms with Crippen molar-refractivity contribution in [2.75, 3.05) is 40.6 Å². The minimum absolute atomic E-state index is 0. The quantitative estimate of drug-likeness (QED) is 0.0775. The van der Waals surface area contributed by atoms with Gasteiger partial charge in [0.2, 0.25) is 0 Å². The molecule has 0 amide bonds. The first-order chi connectivity index (χ1) is 25.0. The summed E-state index contributed by atoms with van der Waals surface area (Å²) >= 11 is 19.1. The first-order valence-electron chi connectivity index (χ1n) is 16.0. The van der Waals surface area contributed by atoms with Crippen molar-refractivity contribution < 1.29 is 94.8 Å². The predicted octanol–water partition coefficient (Wildman–Crippen LogP) is -0.359. The number of rotatable bonds is 18. The molecule has 4 rings (SSSR count). The second-order valence-electron chi connectivity index (χ2n) is 12.2. The van der Waals surface area contributed by atoms with Crippen LogP contribution in [0.3, 0.4) is 0 Å². The first kappa shape index (κ1) is 62.0. The molecule has 0 spiro atoms. The molecule has 4 aliphatic rings. The Morgan fingerprint density at radius 1 is 0.690 bits per heavy atom. The van der Waals surface area contributed by atoms with E-state index in [0.29, 0.717) is 6.42 Å². The molecule has 18 atom stereocenters. The summed E-state index contributed by atoms with van der Waals surface area (Å²) in [6, 6.07) is -2.04. The smallest absolute Gasteiger partial charge is 0.200 e. The van der Waals surface area contributed by atoms with E-state index in [9.17, 15) is 29.5 Å². The Hall–Kier alpha value is 1.90. The number of aliphatic hydroxyl groups excluding tert-OH is 4. The van der Waals surface area contributed by atoms with Crippen molar-refractivity contribution in [3.63, 3.8) is 0 Å². The Morgan fingerprint density at radius 3 is 1.74 bits per heavy atom. The molecule has 58 heavy (non-hydrogen) atoms. The van der Waals surface area contributed by atoms with Crippen molar-refractivity contribution in [2.45, 2.75) is 142 Å². The van der Waals surface area contributed by atoms with Crippen molar-refractivity contribution in [1.29, 1.82) is 0 Å². The molecule has 30 heteroatoms. The van der Waals surface area contributed by atoms with Gasteiger partial charge in [-0.05, 0) is 13.8 Å². The fourth-order valence-corrected chi connectivity index (χ4v) is 10.3. The molecule has 0 saturated carbocycles. The van der Waals surface area contributed by atoms with E-state index in [1.807, 2.05) is 0 Å². The lowest BCUT2D eigenvalue weighted by atomic mass is 9.93. The van der Waals surface area contributed by atoms with E-state index in [0.717, 1.165) is 7.11 Å². The Labute approximate surface area is 365 Å². The summed E-state index contributed by atoms with van der Waals surface area (Å²) in [7, 11) is 13.6. The van der Waals surface area contributed by atoms with Crippen LogP contribution in [-0.4, -0.2) is 162 Å². The minimum atomic E-state index is -4.19. The molecule has 344 valence electrons. The van der Waals surface area contributed by atoms with Gasteiger partial charge in [0, 0.05) is 39.1 Å². The van der Waals surface area contributed by atoms with Crippen molar-refractivity contribution in [3.05, 3.63) is 0 Å². The highest BCUT2D eigenvalue weighted by atomic mass is 32.7. The number of ether oxygens (including phenoxy) is 4. The normalized spacial score (nSPS) is 38.5. The molecule has 0 aromatic carbocycles. The molecular weight excluding hydrogens is 930 g/mol. The SMILES string of the molecule is C.C.C.C.[B][C@@H]1O[C@H](CO)C(O)[C@@H]1OP([O-])(=S)OC[C@H]1O[C@@H](C)[C@@H](O)C1OP(=O)([S-])OC.[B][C@@H]1O[C@H](CO)C[C@@H]1OP([O-])(=S)OC[C@H]1O[C@@H](C)CC1OP([O-])(=S)OC. The van der Waals surface area contributed by atoms with E-state index >= 15 is 0 Å². The summed E-state index contributed by atoms with van der Waals surface area (Å²) in [6.45, 7) is -13.7. The molecule has 4 radical (unpaired) electrons. The van der Waals surface area contributed by atoms with Crippen molar-refractivity contribution in [1.82, 2.24) is 0 Å². The maximum atomic E-state index is 12.5. The van der Waals surface area contributed by atoms with Crippen LogP contribution in [0.2, 0.25) is 0 Å². The zero-order valence-electron chi connectivity index (χ0n) is 29.2. The first-order valence-corrected chi connectivity index (χ1v) is 26.3. The number of hydrogen-bond donors (Lipinski definition) is 4. The Balaban J connectivity index is 0. The van der Waals surface area contributed by atoms with Crippen molar-refractivity contribution in [2.24, 2.45) is 0 Å². The topological polar surface area (TPSA) is 278 Å². The highest BCUT2D eigenvalue weighted by molar-refractivity contribution is 8.32. The molecule has 4 heterocycles. The summed E-state index contributed by atoms with van der Waals surface area (Å²) in [4.78, 5) is 36.7. The molecular formula is C28H58B2O20P4S4-4. The molecule has 0 aliphatic carbocycles. The molecule has 0 bridgehead atoms. The van der Waals surface area contributed by atoms with Crippen LogP contribution < -0.4 is 14.7 Å². The van der Waals surface area contributed by atoms with Crippen LogP contribution >= 0.6 is 27.0 Å². The lowest BCUT2D eigenvalue weighted by Crippen LogP contribution is -2.38. The van der Waals surface area contributed by atoms with E-state index < -0.39 is 119 Å². The average molecular weight is 989 g/mol. The third-order valence-corrected chi connectivity index (χ3v) is 14.6. The summed E-state index contributed by atoms with van der Waals surface area (Å²) in [5.74, 6) is 0. The van der Waals surface area contributed by atoms with Gasteiger partial charge >= 0.3 is 0 Å². The number of hydrogen-bond acceptors (Lipinski definition) is 24. The van der Waals surface area contributed by atoms with Crippen LogP contribution in [0, 0.1) is 0 Å². The molecule has 20 nitrogen and oxygen atoms in total. The molecule has 4 aliphatic heterocycles. The molecule has 0 aromatic rings. The van der Waals surface area contributed by atoms with E-state index in [1.54, 1.807) is 6.92 Å². The molecule has 4 fully saturated rings. The van der Waals surface area contributed by atoms with Gasteiger partial charge in [0.1, 0.15) is 78.6 Å². The highest BCUT2D eigenvalue weighted by Crippen LogP contribution is 2.50. The Bertz CT molecular complexity index is 1410. The van der Waals surface area contributed by atoms with Gasteiger partial charge in [-0.1, -0.05) is 65.1 Å². The van der Waals surface area contributed by atoms with Gasteiger partial charge in [0.05, 0.1) is 56.9 Å². The van der Waals surface area contributed by atoms with Gasteiger partial charge < -0.3 is 102 Å². The van der Waals surface area contributed by atoms with Crippen LogP contribution in [0.1, 0.15) is 56.4 Å². The predicted molar refractivity (Wildman–Crippen MR) is 223 cm³/mol. The lowest BCUT2D eigenvalue weighted by Gasteiger charge is -2.34. The lowest BCUT2D eigenvalue weighted by molar-refractivity contribution is -0.217. The van der Waals surface area contributed by atoms with Crippen LogP contribution in [0.5, 0.6) is 0 Å². The fraction of sp³-hybridized carbons (Fsp3) is 1.00. The second kappa shape index (κ2) is 26.8.